The lowest BCUT2D eigenvalue weighted by Gasteiger charge is -2.39. The summed E-state index contributed by atoms with van der Waals surface area (Å²) in [6, 6.07) is 0.252. The highest BCUT2D eigenvalue weighted by Gasteiger charge is 2.44. The molecule has 0 spiro atoms. The second-order valence-corrected chi connectivity index (χ2v) is 6.82. The van der Waals surface area contributed by atoms with Crippen LogP contribution in [0.3, 0.4) is 0 Å². The van der Waals surface area contributed by atoms with E-state index in [1.54, 1.807) is 0 Å². The summed E-state index contributed by atoms with van der Waals surface area (Å²) < 4.78 is 0. The second kappa shape index (κ2) is 6.01. The number of halogens is 1. The molecule has 110 valence electrons. The molecule has 0 aromatic rings. The number of carbonyl (C=O) groups is 1. The van der Waals surface area contributed by atoms with Gasteiger partial charge in [0.15, 0.2) is 0 Å². The smallest absolute Gasteiger partial charge is 0.239 e. The lowest BCUT2D eigenvalue weighted by molar-refractivity contribution is -0.135. The normalized spacial score (nSPS) is 37.7. The summed E-state index contributed by atoms with van der Waals surface area (Å²) in [5.41, 5.74) is 6.05. The van der Waals surface area contributed by atoms with Crippen LogP contribution >= 0.6 is 12.4 Å². The van der Waals surface area contributed by atoms with Crippen LogP contribution in [0.2, 0.25) is 0 Å². The van der Waals surface area contributed by atoms with Crippen molar-refractivity contribution in [3.63, 3.8) is 0 Å². The van der Waals surface area contributed by atoms with Gasteiger partial charge in [-0.2, -0.15) is 0 Å². The largest absolute Gasteiger partial charge is 0.338 e. The van der Waals surface area contributed by atoms with E-state index in [2.05, 4.69) is 11.8 Å². The number of nitrogens with two attached hydrogens (primary N) is 1. The average Bonchev–Trinajstić information content (AvgIpc) is 2.53. The van der Waals surface area contributed by atoms with E-state index in [4.69, 9.17) is 5.73 Å². The lowest BCUT2D eigenvalue weighted by atomic mass is 9.68. The Morgan fingerprint density at radius 3 is 2.32 bits per heavy atom. The molecule has 4 rings (SSSR count). The van der Waals surface area contributed by atoms with Gasteiger partial charge in [-0.3, -0.25) is 4.79 Å². The number of amides is 1. The quantitative estimate of drug-likeness (QED) is 0.867. The van der Waals surface area contributed by atoms with E-state index in [0.29, 0.717) is 6.04 Å². The minimum atomic E-state index is -0.259. The standard InChI is InChI=1S/C15H26N2O.ClH/c1-2-3-14(16)15(18)17-9-12-5-10-4-11(6-12)8-13(17)7-10;/h10-14H,2-9,16H2,1H3;1H. The maximum absolute atomic E-state index is 12.5. The summed E-state index contributed by atoms with van der Waals surface area (Å²) in [7, 11) is 0. The van der Waals surface area contributed by atoms with Crippen LogP contribution in [-0.2, 0) is 4.79 Å². The third kappa shape index (κ3) is 2.92. The van der Waals surface area contributed by atoms with E-state index in [1.165, 1.54) is 32.1 Å². The molecule has 0 aromatic carbocycles. The first-order valence-corrected chi connectivity index (χ1v) is 7.73. The fourth-order valence-electron chi connectivity index (χ4n) is 4.70. The molecule has 2 saturated heterocycles. The van der Waals surface area contributed by atoms with Crippen molar-refractivity contribution in [2.45, 2.75) is 64.0 Å². The highest BCUT2D eigenvalue weighted by molar-refractivity contribution is 5.85. The van der Waals surface area contributed by atoms with Gasteiger partial charge in [0.2, 0.25) is 5.91 Å². The van der Waals surface area contributed by atoms with Gasteiger partial charge in [-0.15, -0.1) is 12.4 Å². The molecule has 2 N–H and O–H groups in total. The Bertz CT molecular complexity index is 322. The lowest BCUT2D eigenvalue weighted by Crippen LogP contribution is -2.49. The van der Waals surface area contributed by atoms with E-state index < -0.39 is 0 Å². The third-order valence-electron chi connectivity index (χ3n) is 5.31. The van der Waals surface area contributed by atoms with Crippen molar-refractivity contribution in [1.82, 2.24) is 4.90 Å². The molecule has 3 unspecified atom stereocenters. The number of carbonyl (C=O) groups excluding carboxylic acids is 1. The predicted molar refractivity (Wildman–Crippen MR) is 79.2 cm³/mol. The van der Waals surface area contributed by atoms with E-state index in [9.17, 15) is 4.79 Å². The van der Waals surface area contributed by atoms with Crippen molar-refractivity contribution in [3.8, 4) is 0 Å². The number of fused-ring (bicyclic) bond motifs is 1. The highest BCUT2D eigenvalue weighted by Crippen LogP contribution is 2.47. The maximum Gasteiger partial charge on any atom is 0.239 e. The molecule has 4 bridgehead atoms. The first-order valence-electron chi connectivity index (χ1n) is 7.73. The molecule has 4 fully saturated rings. The van der Waals surface area contributed by atoms with Crippen molar-refractivity contribution >= 4 is 18.3 Å². The molecule has 19 heavy (non-hydrogen) atoms. The Hall–Kier alpha value is -0.280. The van der Waals surface area contributed by atoms with Crippen LogP contribution in [0.4, 0.5) is 0 Å². The maximum atomic E-state index is 12.5. The van der Waals surface area contributed by atoms with Gasteiger partial charge in [0.05, 0.1) is 6.04 Å². The van der Waals surface area contributed by atoms with Gasteiger partial charge in [0, 0.05) is 12.6 Å². The van der Waals surface area contributed by atoms with Gasteiger partial charge in [0.25, 0.3) is 0 Å². The average molecular weight is 287 g/mol. The fraction of sp³-hybridized carbons (Fsp3) is 0.933. The molecule has 0 radical (unpaired) electrons. The first kappa shape index (κ1) is 15.1. The molecule has 0 aromatic heterocycles. The Kier molecular flexibility index (Phi) is 4.78. The fourth-order valence-corrected chi connectivity index (χ4v) is 4.70. The van der Waals surface area contributed by atoms with Gasteiger partial charge < -0.3 is 10.6 Å². The molecule has 4 heteroatoms. The zero-order valence-corrected chi connectivity index (χ0v) is 12.7. The van der Waals surface area contributed by atoms with Crippen LogP contribution in [0.15, 0.2) is 0 Å². The molecular weight excluding hydrogens is 260 g/mol. The van der Waals surface area contributed by atoms with Crippen molar-refractivity contribution in [2.24, 2.45) is 23.5 Å². The zero-order chi connectivity index (χ0) is 12.7. The summed E-state index contributed by atoms with van der Waals surface area (Å²) in [5, 5.41) is 0. The molecule has 2 saturated carbocycles. The van der Waals surface area contributed by atoms with Gasteiger partial charge in [-0.1, -0.05) is 13.3 Å². The molecule has 2 aliphatic carbocycles. The van der Waals surface area contributed by atoms with Gasteiger partial charge in [-0.05, 0) is 56.3 Å². The van der Waals surface area contributed by atoms with Crippen LogP contribution in [0.1, 0.15) is 51.9 Å². The van der Waals surface area contributed by atoms with Crippen LogP contribution in [0.5, 0.6) is 0 Å². The second-order valence-electron chi connectivity index (χ2n) is 6.82. The van der Waals surface area contributed by atoms with Gasteiger partial charge >= 0.3 is 0 Å². The van der Waals surface area contributed by atoms with Crippen LogP contribution in [0, 0.1) is 17.8 Å². The molecule has 4 aliphatic rings. The molecule has 1 amide bonds. The molecule has 3 atom stereocenters. The van der Waals surface area contributed by atoms with Gasteiger partial charge in [-0.25, -0.2) is 0 Å². The molecule has 2 aliphatic heterocycles. The van der Waals surface area contributed by atoms with E-state index in [-0.39, 0.29) is 24.4 Å². The molecule has 2 heterocycles. The SMILES string of the molecule is CCCC(N)C(=O)N1CC2CC3CC(C2)CC1C3.Cl. The first-order chi connectivity index (χ1) is 8.67. The number of nitrogens with zero attached hydrogens (tertiary/aromatic N) is 1. The van der Waals surface area contributed by atoms with Crippen molar-refractivity contribution in [2.75, 3.05) is 6.54 Å². The monoisotopic (exact) mass is 286 g/mol. The van der Waals surface area contributed by atoms with Crippen molar-refractivity contribution in [3.05, 3.63) is 0 Å². The third-order valence-corrected chi connectivity index (χ3v) is 5.31. The summed E-state index contributed by atoms with van der Waals surface area (Å²) in [6.07, 6.45) is 8.48. The minimum absolute atomic E-state index is 0. The molecular formula is C15H27ClN2O. The van der Waals surface area contributed by atoms with E-state index in [0.717, 1.165) is 37.1 Å². The van der Waals surface area contributed by atoms with Crippen LogP contribution in [-0.4, -0.2) is 29.4 Å². The van der Waals surface area contributed by atoms with E-state index in [1.807, 2.05) is 0 Å². The van der Waals surface area contributed by atoms with Gasteiger partial charge in [0.1, 0.15) is 0 Å². The highest BCUT2D eigenvalue weighted by atomic mass is 35.5. The van der Waals surface area contributed by atoms with Crippen molar-refractivity contribution in [1.29, 1.82) is 0 Å². The zero-order valence-electron chi connectivity index (χ0n) is 11.9. The summed E-state index contributed by atoms with van der Waals surface area (Å²) in [6.45, 7) is 3.09. The summed E-state index contributed by atoms with van der Waals surface area (Å²) in [5.74, 6) is 2.79. The predicted octanol–water partition coefficient (Wildman–Crippen LogP) is 2.57. The summed E-state index contributed by atoms with van der Waals surface area (Å²) in [4.78, 5) is 14.7. The summed E-state index contributed by atoms with van der Waals surface area (Å²) >= 11 is 0. The minimum Gasteiger partial charge on any atom is -0.338 e. The van der Waals surface area contributed by atoms with E-state index >= 15 is 0 Å². The topological polar surface area (TPSA) is 46.3 Å². The number of rotatable bonds is 3. The Morgan fingerprint density at radius 2 is 1.74 bits per heavy atom. The Labute approximate surface area is 122 Å². The Balaban J connectivity index is 0.00000133. The number of hydrogen-bond donors (Lipinski definition) is 1. The van der Waals surface area contributed by atoms with Crippen LogP contribution in [0.25, 0.3) is 0 Å². The van der Waals surface area contributed by atoms with Crippen molar-refractivity contribution < 1.29 is 4.79 Å². The Morgan fingerprint density at radius 1 is 1.16 bits per heavy atom. The van der Waals surface area contributed by atoms with Crippen LogP contribution < -0.4 is 5.73 Å². The molecule has 3 nitrogen and oxygen atoms in total. The number of hydrogen-bond acceptors (Lipinski definition) is 2.